The van der Waals surface area contributed by atoms with Gasteiger partial charge in [0.25, 0.3) is 0 Å². The van der Waals surface area contributed by atoms with Gasteiger partial charge >= 0.3 is 5.97 Å². The van der Waals surface area contributed by atoms with E-state index in [1.54, 1.807) is 0 Å². The largest absolute Gasteiger partial charge is 0.544 e. The molecule has 0 saturated carbocycles. The monoisotopic (exact) mass is 323 g/mol. The van der Waals surface area contributed by atoms with Gasteiger partial charge in [-0.25, -0.2) is 0 Å². The minimum atomic E-state index is -1.80. The van der Waals surface area contributed by atoms with Crippen molar-refractivity contribution in [3.05, 3.63) is 29.8 Å². The molecule has 0 heterocycles. The van der Waals surface area contributed by atoms with Crippen LogP contribution < -0.4 is 9.74 Å². The van der Waals surface area contributed by atoms with Crippen molar-refractivity contribution in [3.8, 4) is 5.75 Å². The second-order valence-electron chi connectivity index (χ2n) is 7.11. The molecule has 4 nitrogen and oxygen atoms in total. The zero-order chi connectivity index (χ0) is 17.0. The highest BCUT2D eigenvalue weighted by atomic mass is 28.4. The number of esters is 1. The average molecular weight is 324 g/mol. The highest BCUT2D eigenvalue weighted by Crippen LogP contribution is 2.37. The summed E-state index contributed by atoms with van der Waals surface area (Å²) in [5.74, 6) is 0.653. The van der Waals surface area contributed by atoms with Crippen LogP contribution in [0.15, 0.2) is 24.3 Å². The number of rotatable bonds is 6. The number of hydrogen-bond donors (Lipinski definition) is 1. The molecule has 0 spiro atoms. The number of hydrogen-bond acceptors (Lipinski definition) is 4. The highest BCUT2D eigenvalue weighted by molar-refractivity contribution is 6.74. The smallest absolute Gasteiger partial charge is 0.319 e. The van der Waals surface area contributed by atoms with Crippen LogP contribution in [-0.4, -0.2) is 27.9 Å². The molecule has 0 saturated heterocycles. The lowest BCUT2D eigenvalue weighted by Gasteiger charge is -2.36. The van der Waals surface area contributed by atoms with Crippen molar-refractivity contribution in [1.29, 1.82) is 0 Å². The van der Waals surface area contributed by atoms with Gasteiger partial charge in [0, 0.05) is 6.04 Å². The minimum Gasteiger partial charge on any atom is -0.544 e. The molecule has 0 fully saturated rings. The van der Waals surface area contributed by atoms with Crippen molar-refractivity contribution >= 4 is 14.3 Å². The van der Waals surface area contributed by atoms with Crippen molar-refractivity contribution < 1.29 is 14.0 Å². The summed E-state index contributed by atoms with van der Waals surface area (Å²) in [5, 5.41) is 3.32. The molecule has 0 aliphatic rings. The molecule has 0 radical (unpaired) electrons. The van der Waals surface area contributed by atoms with Crippen LogP contribution in [0.5, 0.6) is 5.75 Å². The molecule has 0 aliphatic carbocycles. The average Bonchev–Trinajstić information content (AvgIpc) is 2.43. The Kier molecular flexibility index (Phi) is 6.20. The Morgan fingerprint density at radius 1 is 1.23 bits per heavy atom. The van der Waals surface area contributed by atoms with Crippen LogP contribution >= 0.6 is 0 Å². The fourth-order valence-electron chi connectivity index (χ4n) is 1.70. The quantitative estimate of drug-likeness (QED) is 0.637. The topological polar surface area (TPSA) is 47.6 Å². The molecular weight excluding hydrogens is 294 g/mol. The van der Waals surface area contributed by atoms with E-state index in [9.17, 15) is 4.79 Å². The van der Waals surface area contributed by atoms with Crippen molar-refractivity contribution in [2.75, 3.05) is 13.7 Å². The predicted octanol–water partition coefficient (Wildman–Crippen LogP) is 3.89. The predicted molar refractivity (Wildman–Crippen MR) is 92.7 cm³/mol. The van der Waals surface area contributed by atoms with E-state index in [2.05, 4.69) is 43.9 Å². The summed E-state index contributed by atoms with van der Waals surface area (Å²) in [5.41, 5.74) is 1.12. The number of carbonyl (C=O) groups is 1. The minimum absolute atomic E-state index is 0.0843. The van der Waals surface area contributed by atoms with E-state index >= 15 is 0 Å². The molecule has 0 amide bonds. The number of benzene rings is 1. The summed E-state index contributed by atoms with van der Waals surface area (Å²) < 4.78 is 10.9. The first kappa shape index (κ1) is 18.7. The van der Waals surface area contributed by atoms with Crippen LogP contribution in [0.1, 0.15) is 39.3 Å². The van der Waals surface area contributed by atoms with Gasteiger partial charge in [-0.2, -0.15) is 0 Å². The number of carbonyl (C=O) groups excluding carboxylic acids is 1. The van der Waals surface area contributed by atoms with Gasteiger partial charge in [0.1, 0.15) is 5.75 Å². The molecular formula is C17H29NO3Si. The van der Waals surface area contributed by atoms with Gasteiger partial charge in [-0.3, -0.25) is 4.79 Å². The molecule has 124 valence electrons. The Morgan fingerprint density at radius 2 is 1.77 bits per heavy atom. The third kappa shape index (κ3) is 5.14. The molecule has 22 heavy (non-hydrogen) atoms. The summed E-state index contributed by atoms with van der Waals surface area (Å²) in [6.45, 7) is 13.4. The van der Waals surface area contributed by atoms with E-state index in [1.165, 1.54) is 7.11 Å². The van der Waals surface area contributed by atoms with Gasteiger partial charge in [-0.05, 0) is 42.8 Å². The molecule has 1 atom stereocenters. The molecule has 0 bridgehead atoms. The molecule has 1 rings (SSSR count). The summed E-state index contributed by atoms with van der Waals surface area (Å²) >= 11 is 0. The van der Waals surface area contributed by atoms with Crippen molar-refractivity contribution in [3.63, 3.8) is 0 Å². The summed E-state index contributed by atoms with van der Waals surface area (Å²) in [6, 6.07) is 8.17. The standard InChI is InChI=1S/C17H29NO3Si/c1-13(18-12-16(19)20-5)14-8-10-15(11-9-14)21-22(6,7)17(2,3)4/h8-11,13,18H,12H2,1-7H3/t13-/m1/s1. The molecule has 0 aromatic heterocycles. The Morgan fingerprint density at radius 3 is 2.23 bits per heavy atom. The van der Waals surface area contributed by atoms with Gasteiger partial charge in [0.05, 0.1) is 13.7 Å². The van der Waals surface area contributed by atoms with E-state index in [0.29, 0.717) is 0 Å². The Balaban J connectivity index is 2.69. The Hall–Kier alpha value is -1.33. The van der Waals surface area contributed by atoms with Gasteiger partial charge in [-0.1, -0.05) is 32.9 Å². The zero-order valence-electron chi connectivity index (χ0n) is 14.8. The van der Waals surface area contributed by atoms with Crippen molar-refractivity contribution in [2.45, 2.75) is 51.9 Å². The van der Waals surface area contributed by atoms with Crippen LogP contribution in [0.4, 0.5) is 0 Å². The second kappa shape index (κ2) is 7.29. The maximum atomic E-state index is 11.2. The highest BCUT2D eigenvalue weighted by Gasteiger charge is 2.38. The number of ether oxygens (including phenoxy) is 1. The SMILES string of the molecule is COC(=O)CN[C@H](C)c1ccc(O[Si](C)(C)C(C)(C)C)cc1. The van der Waals surface area contributed by atoms with Crippen molar-refractivity contribution in [2.24, 2.45) is 0 Å². The summed E-state index contributed by atoms with van der Waals surface area (Å²) in [6.07, 6.45) is 0. The van der Waals surface area contributed by atoms with E-state index < -0.39 is 8.32 Å². The van der Waals surface area contributed by atoms with Crippen LogP contribution in [0.3, 0.4) is 0 Å². The first-order valence-electron chi connectivity index (χ1n) is 7.66. The van der Waals surface area contributed by atoms with Gasteiger partial charge in [0.15, 0.2) is 0 Å². The number of nitrogens with one attached hydrogen (secondary N) is 1. The lowest BCUT2D eigenvalue weighted by atomic mass is 10.1. The van der Waals surface area contributed by atoms with E-state index in [1.807, 2.05) is 31.2 Å². The first-order valence-corrected chi connectivity index (χ1v) is 10.6. The maximum Gasteiger partial charge on any atom is 0.319 e. The maximum absolute atomic E-state index is 11.2. The summed E-state index contributed by atoms with van der Waals surface area (Å²) in [4.78, 5) is 11.2. The van der Waals surface area contributed by atoms with Gasteiger partial charge in [-0.15, -0.1) is 0 Å². The lowest BCUT2D eigenvalue weighted by Crippen LogP contribution is -2.43. The zero-order valence-corrected chi connectivity index (χ0v) is 15.8. The van der Waals surface area contributed by atoms with Crippen LogP contribution in [0, 0.1) is 0 Å². The van der Waals surface area contributed by atoms with Crippen LogP contribution in [0.2, 0.25) is 18.1 Å². The van der Waals surface area contributed by atoms with Crippen molar-refractivity contribution in [1.82, 2.24) is 5.32 Å². The molecule has 0 unspecified atom stereocenters. The molecule has 1 aromatic rings. The fraction of sp³-hybridized carbons (Fsp3) is 0.588. The normalized spacial score (nSPS) is 13.6. The van der Waals surface area contributed by atoms with Crippen LogP contribution in [0.25, 0.3) is 0 Å². The molecule has 1 aromatic carbocycles. The third-order valence-electron chi connectivity index (χ3n) is 4.34. The first-order chi connectivity index (χ1) is 10.1. The second-order valence-corrected chi connectivity index (χ2v) is 11.8. The van der Waals surface area contributed by atoms with E-state index in [-0.39, 0.29) is 23.6 Å². The molecule has 1 N–H and O–H groups in total. The fourth-order valence-corrected chi connectivity index (χ4v) is 2.73. The molecule has 5 heteroatoms. The number of methoxy groups -OCH3 is 1. The molecule has 0 aliphatic heterocycles. The van der Waals surface area contributed by atoms with Gasteiger partial charge < -0.3 is 14.5 Å². The van der Waals surface area contributed by atoms with E-state index in [4.69, 9.17) is 4.43 Å². The Labute approximate surface area is 135 Å². The third-order valence-corrected chi connectivity index (χ3v) is 8.70. The van der Waals surface area contributed by atoms with Crippen LogP contribution in [-0.2, 0) is 9.53 Å². The van der Waals surface area contributed by atoms with E-state index in [0.717, 1.165) is 11.3 Å². The summed E-state index contributed by atoms with van der Waals surface area (Å²) in [7, 11) is -0.412. The van der Waals surface area contributed by atoms with Gasteiger partial charge in [0.2, 0.25) is 8.32 Å². The lowest BCUT2D eigenvalue weighted by molar-refractivity contribution is -0.139. The Bertz CT molecular complexity index is 492.